The monoisotopic (exact) mass is 314 g/mol. The molecule has 1 aliphatic rings. The number of nitrogens with zero attached hydrogens (tertiary/aromatic N) is 4. The second kappa shape index (κ2) is 6.02. The zero-order valence-corrected chi connectivity index (χ0v) is 13.9. The first kappa shape index (κ1) is 15.5. The van der Waals surface area contributed by atoms with Gasteiger partial charge < -0.3 is 14.4 Å². The van der Waals surface area contributed by atoms with Crippen LogP contribution in [-0.2, 0) is 23.1 Å². The molecule has 6 heteroatoms. The van der Waals surface area contributed by atoms with E-state index in [1.807, 2.05) is 41.6 Å². The summed E-state index contributed by atoms with van der Waals surface area (Å²) in [6.45, 7) is 6.02. The fourth-order valence-corrected chi connectivity index (χ4v) is 3.03. The van der Waals surface area contributed by atoms with Crippen LogP contribution in [0.1, 0.15) is 18.3 Å². The fraction of sp³-hybridized carbons (Fsp3) is 0.471. The van der Waals surface area contributed by atoms with E-state index in [4.69, 9.17) is 0 Å². The highest BCUT2D eigenvalue weighted by Crippen LogP contribution is 2.17. The Labute approximate surface area is 135 Å². The topological polar surface area (TPSA) is 58.4 Å². The van der Waals surface area contributed by atoms with Gasteiger partial charge in [-0.2, -0.15) is 0 Å². The third-order valence-corrected chi connectivity index (χ3v) is 4.60. The third kappa shape index (κ3) is 3.06. The molecular weight excluding hydrogens is 292 g/mol. The first-order valence-electron chi connectivity index (χ1n) is 7.91. The van der Waals surface area contributed by atoms with Crippen LogP contribution < -0.4 is 0 Å². The number of aryl methyl sites for hydroxylation is 2. The first-order chi connectivity index (χ1) is 11.0. The van der Waals surface area contributed by atoms with Crippen LogP contribution in [0, 0.1) is 6.92 Å². The van der Waals surface area contributed by atoms with E-state index in [0.717, 1.165) is 22.4 Å². The van der Waals surface area contributed by atoms with Gasteiger partial charge in [0.2, 0.25) is 11.8 Å². The average Bonchev–Trinajstić information content (AvgIpc) is 2.81. The van der Waals surface area contributed by atoms with Gasteiger partial charge in [0.05, 0.1) is 17.5 Å². The second-order valence-corrected chi connectivity index (χ2v) is 6.10. The van der Waals surface area contributed by atoms with Crippen molar-refractivity contribution in [3.05, 3.63) is 29.6 Å². The van der Waals surface area contributed by atoms with Crippen molar-refractivity contribution in [1.29, 1.82) is 0 Å². The smallest absolute Gasteiger partial charge is 0.227 e. The molecule has 23 heavy (non-hydrogen) atoms. The maximum Gasteiger partial charge on any atom is 0.227 e. The summed E-state index contributed by atoms with van der Waals surface area (Å²) in [6, 6.07) is 6.00. The largest absolute Gasteiger partial charge is 0.339 e. The maximum absolute atomic E-state index is 12.4. The van der Waals surface area contributed by atoms with E-state index >= 15 is 0 Å². The number of benzene rings is 1. The SMILES string of the molecule is CC(=O)N1CCN(C(=O)Cc2ccc3c(c2)nc(C)n3C)CC1. The summed E-state index contributed by atoms with van der Waals surface area (Å²) in [5.41, 5.74) is 2.99. The van der Waals surface area contributed by atoms with Crippen LogP contribution in [0.3, 0.4) is 0 Å². The standard InChI is InChI=1S/C17H22N4O2/c1-12-18-15-10-14(4-5-16(15)19(12)3)11-17(23)21-8-6-20(7-9-21)13(2)22/h4-5,10H,6-9,11H2,1-3H3. The summed E-state index contributed by atoms with van der Waals surface area (Å²) in [5.74, 6) is 1.15. The van der Waals surface area contributed by atoms with Gasteiger partial charge in [-0.15, -0.1) is 0 Å². The van der Waals surface area contributed by atoms with Crippen LogP contribution in [0.5, 0.6) is 0 Å². The van der Waals surface area contributed by atoms with E-state index in [9.17, 15) is 9.59 Å². The second-order valence-electron chi connectivity index (χ2n) is 6.10. The highest BCUT2D eigenvalue weighted by Gasteiger charge is 2.22. The molecule has 0 bridgehead atoms. The summed E-state index contributed by atoms with van der Waals surface area (Å²) < 4.78 is 2.04. The molecule has 6 nitrogen and oxygen atoms in total. The third-order valence-electron chi connectivity index (χ3n) is 4.60. The van der Waals surface area contributed by atoms with Gasteiger partial charge in [0.25, 0.3) is 0 Å². The number of hydrogen-bond acceptors (Lipinski definition) is 3. The number of piperazine rings is 1. The summed E-state index contributed by atoms with van der Waals surface area (Å²) in [4.78, 5) is 31.9. The Balaban J connectivity index is 1.67. The molecule has 1 saturated heterocycles. The zero-order chi connectivity index (χ0) is 16.6. The summed E-state index contributed by atoms with van der Waals surface area (Å²) in [5, 5.41) is 0. The number of aromatic nitrogens is 2. The van der Waals surface area contributed by atoms with Crippen molar-refractivity contribution in [3.63, 3.8) is 0 Å². The minimum absolute atomic E-state index is 0.0769. The van der Waals surface area contributed by atoms with Crippen LogP contribution in [0.2, 0.25) is 0 Å². The molecule has 1 aromatic carbocycles. The number of fused-ring (bicyclic) bond motifs is 1. The molecule has 2 heterocycles. The molecule has 122 valence electrons. The number of imidazole rings is 1. The molecule has 1 aromatic heterocycles. The van der Waals surface area contributed by atoms with Crippen molar-refractivity contribution < 1.29 is 9.59 Å². The van der Waals surface area contributed by atoms with E-state index in [1.54, 1.807) is 11.8 Å². The molecule has 1 aliphatic heterocycles. The van der Waals surface area contributed by atoms with Crippen LogP contribution in [0.4, 0.5) is 0 Å². The Bertz CT molecular complexity index is 757. The Kier molecular flexibility index (Phi) is 4.07. The highest BCUT2D eigenvalue weighted by atomic mass is 16.2. The van der Waals surface area contributed by atoms with Gasteiger partial charge in [0.1, 0.15) is 5.82 Å². The first-order valence-corrected chi connectivity index (χ1v) is 7.91. The lowest BCUT2D eigenvalue weighted by molar-refractivity contribution is -0.138. The molecule has 2 amide bonds. The van der Waals surface area contributed by atoms with E-state index in [0.29, 0.717) is 32.6 Å². The van der Waals surface area contributed by atoms with Gasteiger partial charge in [-0.05, 0) is 24.6 Å². The van der Waals surface area contributed by atoms with Gasteiger partial charge in [-0.3, -0.25) is 9.59 Å². The normalized spacial score (nSPS) is 15.3. The van der Waals surface area contributed by atoms with Crippen molar-refractivity contribution in [2.24, 2.45) is 7.05 Å². The minimum Gasteiger partial charge on any atom is -0.339 e. The minimum atomic E-state index is 0.0769. The molecule has 0 unspecified atom stereocenters. The molecule has 2 aromatic rings. The molecule has 0 saturated carbocycles. The number of carbonyl (C=O) groups excluding carboxylic acids is 2. The zero-order valence-electron chi connectivity index (χ0n) is 13.9. The van der Waals surface area contributed by atoms with E-state index in [-0.39, 0.29) is 11.8 Å². The van der Waals surface area contributed by atoms with Crippen molar-refractivity contribution in [1.82, 2.24) is 19.4 Å². The lowest BCUT2D eigenvalue weighted by Gasteiger charge is -2.34. The van der Waals surface area contributed by atoms with Gasteiger partial charge in [0.15, 0.2) is 0 Å². The van der Waals surface area contributed by atoms with Crippen molar-refractivity contribution in [3.8, 4) is 0 Å². The Morgan fingerprint density at radius 1 is 1.13 bits per heavy atom. The molecule has 3 rings (SSSR count). The molecular formula is C17H22N4O2. The number of hydrogen-bond donors (Lipinski definition) is 0. The summed E-state index contributed by atoms with van der Waals surface area (Å²) >= 11 is 0. The lowest BCUT2D eigenvalue weighted by Crippen LogP contribution is -2.50. The number of amides is 2. The van der Waals surface area contributed by atoms with Gasteiger partial charge in [0, 0.05) is 40.2 Å². The maximum atomic E-state index is 12.4. The van der Waals surface area contributed by atoms with Crippen LogP contribution >= 0.6 is 0 Å². The Morgan fingerprint density at radius 3 is 2.43 bits per heavy atom. The predicted molar refractivity (Wildman–Crippen MR) is 88.0 cm³/mol. The van der Waals surface area contributed by atoms with Crippen molar-refractivity contribution >= 4 is 22.8 Å². The average molecular weight is 314 g/mol. The van der Waals surface area contributed by atoms with Crippen LogP contribution in [-0.4, -0.2) is 57.3 Å². The van der Waals surface area contributed by atoms with Crippen molar-refractivity contribution in [2.75, 3.05) is 26.2 Å². The van der Waals surface area contributed by atoms with Gasteiger partial charge in [-0.1, -0.05) is 6.07 Å². The van der Waals surface area contributed by atoms with E-state index in [1.165, 1.54) is 0 Å². The van der Waals surface area contributed by atoms with Crippen LogP contribution in [0.15, 0.2) is 18.2 Å². The van der Waals surface area contributed by atoms with E-state index in [2.05, 4.69) is 4.98 Å². The quantitative estimate of drug-likeness (QED) is 0.834. The van der Waals surface area contributed by atoms with Crippen molar-refractivity contribution in [2.45, 2.75) is 20.3 Å². The van der Waals surface area contributed by atoms with Gasteiger partial charge >= 0.3 is 0 Å². The van der Waals surface area contributed by atoms with E-state index < -0.39 is 0 Å². The number of rotatable bonds is 2. The molecule has 1 fully saturated rings. The predicted octanol–water partition coefficient (Wildman–Crippen LogP) is 1.11. The Hall–Kier alpha value is -2.37. The number of carbonyl (C=O) groups is 2. The molecule has 0 N–H and O–H groups in total. The van der Waals surface area contributed by atoms with Crippen LogP contribution in [0.25, 0.3) is 11.0 Å². The lowest BCUT2D eigenvalue weighted by atomic mass is 10.1. The summed E-state index contributed by atoms with van der Waals surface area (Å²) in [6.07, 6.45) is 0.381. The molecule has 0 atom stereocenters. The molecule has 0 aliphatic carbocycles. The Morgan fingerprint density at radius 2 is 1.78 bits per heavy atom. The summed E-state index contributed by atoms with van der Waals surface area (Å²) in [7, 11) is 1.99. The highest BCUT2D eigenvalue weighted by molar-refractivity contribution is 5.82. The fourth-order valence-electron chi connectivity index (χ4n) is 3.03. The molecule has 0 spiro atoms. The van der Waals surface area contributed by atoms with Gasteiger partial charge in [-0.25, -0.2) is 4.98 Å². The molecule has 0 radical (unpaired) electrons.